The van der Waals surface area contributed by atoms with E-state index in [0.29, 0.717) is 58.1 Å². The number of nitrogens with zero attached hydrogens (tertiary/aromatic N) is 1. The Morgan fingerprint density at radius 1 is 0.950 bits per heavy atom. The van der Waals surface area contributed by atoms with Crippen LogP contribution in [0.4, 0.5) is 5.69 Å². The number of anilines is 1. The molecule has 1 N–H and O–H groups in total. The Kier molecular flexibility index (Phi) is 7.30. The van der Waals surface area contributed by atoms with Crippen molar-refractivity contribution >= 4 is 23.1 Å². The molecule has 1 atom stereocenters. The maximum absolute atomic E-state index is 13.6. The van der Waals surface area contributed by atoms with Gasteiger partial charge in [0.2, 0.25) is 6.79 Å². The first-order chi connectivity index (χ1) is 19.2. The molecule has 2 aliphatic heterocycles. The van der Waals surface area contributed by atoms with Gasteiger partial charge in [-0.1, -0.05) is 19.9 Å². The summed E-state index contributed by atoms with van der Waals surface area (Å²) < 4.78 is 27.7. The minimum absolute atomic E-state index is 0.0508. The van der Waals surface area contributed by atoms with Crippen molar-refractivity contribution in [3.8, 4) is 28.7 Å². The zero-order chi connectivity index (χ0) is 28.6. The van der Waals surface area contributed by atoms with E-state index in [1.807, 2.05) is 6.92 Å². The molecule has 3 aromatic carbocycles. The second kappa shape index (κ2) is 10.8. The molecule has 2 heterocycles. The van der Waals surface area contributed by atoms with Crippen molar-refractivity contribution in [1.29, 1.82) is 0 Å². The van der Waals surface area contributed by atoms with Gasteiger partial charge < -0.3 is 28.8 Å². The summed E-state index contributed by atoms with van der Waals surface area (Å²) in [6.07, 6.45) is 0. The summed E-state index contributed by atoms with van der Waals surface area (Å²) in [5.41, 5.74) is 2.09. The number of aryl methyl sites for hydroxylation is 1. The molecule has 9 nitrogen and oxygen atoms in total. The molecule has 1 saturated heterocycles. The van der Waals surface area contributed by atoms with E-state index < -0.39 is 17.7 Å². The summed E-state index contributed by atoms with van der Waals surface area (Å²) in [5.74, 6) is 1.04. The largest absolute Gasteiger partial charge is 0.507 e. The first kappa shape index (κ1) is 26.9. The van der Waals surface area contributed by atoms with Gasteiger partial charge in [-0.15, -0.1) is 0 Å². The zero-order valence-electron chi connectivity index (χ0n) is 23.0. The Balaban J connectivity index is 1.66. The van der Waals surface area contributed by atoms with Crippen molar-refractivity contribution < 1.29 is 38.4 Å². The Bertz CT molecular complexity index is 1510. The summed E-state index contributed by atoms with van der Waals surface area (Å²) in [6.45, 7) is 6.59. The molecule has 1 unspecified atom stereocenters. The minimum atomic E-state index is -0.961. The van der Waals surface area contributed by atoms with Crippen molar-refractivity contribution in [2.45, 2.75) is 26.8 Å². The van der Waals surface area contributed by atoms with Crippen molar-refractivity contribution in [1.82, 2.24) is 0 Å². The lowest BCUT2D eigenvalue weighted by Crippen LogP contribution is -2.29. The van der Waals surface area contributed by atoms with Gasteiger partial charge in [0.05, 0.1) is 32.4 Å². The second-order valence-corrected chi connectivity index (χ2v) is 10.0. The van der Waals surface area contributed by atoms with Gasteiger partial charge in [0.1, 0.15) is 11.5 Å². The molecule has 1 amide bonds. The average Bonchev–Trinajstić information content (AvgIpc) is 3.53. The maximum atomic E-state index is 13.6. The number of aliphatic hydroxyl groups excluding tert-OH is 1. The molecule has 0 bridgehead atoms. The standard InChI is InChI=1S/C31H31NO8/c1-17(2)15-38-22-9-7-20(12-18(22)3)29(33)27-28(19-6-10-23(36-4)25(13-19)37-5)32(31(35)30(27)34)21-8-11-24-26(14-21)40-16-39-24/h6-14,17,28,33H,15-16H2,1-5H3/b29-27+. The summed E-state index contributed by atoms with van der Waals surface area (Å²) >= 11 is 0. The SMILES string of the molecule is COc1ccc(C2/C(=C(\O)c3ccc(OCC(C)C)c(C)c3)C(=O)C(=O)N2c2ccc3c(c2)OCO3)cc1OC. The van der Waals surface area contributed by atoms with E-state index >= 15 is 0 Å². The van der Waals surface area contributed by atoms with Gasteiger partial charge in [-0.05, 0) is 66.4 Å². The van der Waals surface area contributed by atoms with Crippen LogP contribution in [-0.2, 0) is 9.59 Å². The van der Waals surface area contributed by atoms with Crippen LogP contribution in [0.3, 0.4) is 0 Å². The number of carbonyl (C=O) groups is 2. The quantitative estimate of drug-likeness (QED) is 0.228. The third-order valence-electron chi connectivity index (χ3n) is 6.82. The molecule has 40 heavy (non-hydrogen) atoms. The van der Waals surface area contributed by atoms with Crippen LogP contribution < -0.4 is 28.6 Å². The van der Waals surface area contributed by atoms with Gasteiger partial charge >= 0.3 is 0 Å². The van der Waals surface area contributed by atoms with Gasteiger partial charge in [0.15, 0.2) is 23.0 Å². The second-order valence-electron chi connectivity index (χ2n) is 10.0. The number of benzene rings is 3. The van der Waals surface area contributed by atoms with Crippen LogP contribution in [0, 0.1) is 12.8 Å². The lowest BCUT2D eigenvalue weighted by Gasteiger charge is -2.26. The Morgan fingerprint density at radius 2 is 1.68 bits per heavy atom. The number of Topliss-reactive ketones (excluding diaryl/α,β-unsaturated/α-hetero) is 1. The van der Waals surface area contributed by atoms with Crippen LogP contribution in [0.5, 0.6) is 28.7 Å². The Labute approximate surface area is 232 Å². The number of methoxy groups -OCH3 is 2. The van der Waals surface area contributed by atoms with E-state index in [4.69, 9.17) is 23.7 Å². The number of hydrogen-bond acceptors (Lipinski definition) is 8. The molecule has 2 aliphatic rings. The molecule has 1 fully saturated rings. The fourth-order valence-electron chi connectivity index (χ4n) is 4.84. The monoisotopic (exact) mass is 545 g/mol. The number of ether oxygens (including phenoxy) is 5. The van der Waals surface area contributed by atoms with E-state index in [1.165, 1.54) is 19.1 Å². The van der Waals surface area contributed by atoms with Crippen LogP contribution >= 0.6 is 0 Å². The summed E-state index contributed by atoms with van der Waals surface area (Å²) in [5, 5.41) is 11.6. The fraction of sp³-hybridized carbons (Fsp3) is 0.290. The Morgan fingerprint density at radius 3 is 2.38 bits per heavy atom. The normalized spacial score (nSPS) is 17.4. The fourth-order valence-corrected chi connectivity index (χ4v) is 4.84. The highest BCUT2D eigenvalue weighted by Crippen LogP contribution is 2.46. The lowest BCUT2D eigenvalue weighted by atomic mass is 9.94. The minimum Gasteiger partial charge on any atom is -0.507 e. The zero-order valence-corrected chi connectivity index (χ0v) is 23.0. The van der Waals surface area contributed by atoms with Crippen LogP contribution in [0.2, 0.25) is 0 Å². The number of fused-ring (bicyclic) bond motifs is 1. The van der Waals surface area contributed by atoms with E-state index in [-0.39, 0.29) is 18.1 Å². The number of carbonyl (C=O) groups excluding carboxylic acids is 2. The Hall–Kier alpha value is -4.66. The smallest absolute Gasteiger partial charge is 0.300 e. The average molecular weight is 546 g/mol. The van der Waals surface area contributed by atoms with Gasteiger partial charge in [0.25, 0.3) is 11.7 Å². The first-order valence-electron chi connectivity index (χ1n) is 12.9. The lowest BCUT2D eigenvalue weighted by molar-refractivity contribution is -0.132. The van der Waals surface area contributed by atoms with E-state index in [0.717, 1.165) is 5.56 Å². The third kappa shape index (κ3) is 4.79. The third-order valence-corrected chi connectivity index (χ3v) is 6.82. The molecule has 0 aliphatic carbocycles. The topological polar surface area (TPSA) is 104 Å². The molecule has 5 rings (SSSR count). The van der Waals surface area contributed by atoms with Crippen molar-refractivity contribution in [3.05, 3.63) is 76.9 Å². The molecule has 3 aromatic rings. The molecule has 9 heteroatoms. The molecule has 0 spiro atoms. The molecule has 0 radical (unpaired) electrons. The number of hydrogen-bond donors (Lipinski definition) is 1. The molecule has 0 aromatic heterocycles. The van der Waals surface area contributed by atoms with Gasteiger partial charge in [-0.25, -0.2) is 0 Å². The highest BCUT2D eigenvalue weighted by atomic mass is 16.7. The maximum Gasteiger partial charge on any atom is 0.300 e. The van der Waals surface area contributed by atoms with E-state index in [9.17, 15) is 14.7 Å². The van der Waals surface area contributed by atoms with Gasteiger partial charge in [-0.2, -0.15) is 0 Å². The highest BCUT2D eigenvalue weighted by Gasteiger charge is 2.47. The number of rotatable bonds is 8. The predicted octanol–water partition coefficient (Wildman–Crippen LogP) is 5.40. The number of aliphatic hydroxyl groups is 1. The molecular formula is C31H31NO8. The summed E-state index contributed by atoms with van der Waals surface area (Å²) in [6, 6.07) is 14.3. The van der Waals surface area contributed by atoms with Crippen LogP contribution in [0.15, 0.2) is 60.2 Å². The van der Waals surface area contributed by atoms with Gasteiger partial charge in [-0.3, -0.25) is 14.5 Å². The van der Waals surface area contributed by atoms with Crippen molar-refractivity contribution in [2.24, 2.45) is 5.92 Å². The highest BCUT2D eigenvalue weighted by molar-refractivity contribution is 6.51. The van der Waals surface area contributed by atoms with Gasteiger partial charge in [0, 0.05) is 17.3 Å². The van der Waals surface area contributed by atoms with Crippen LogP contribution in [0.25, 0.3) is 5.76 Å². The molecule has 208 valence electrons. The molecule has 0 saturated carbocycles. The predicted molar refractivity (Wildman–Crippen MR) is 148 cm³/mol. The van der Waals surface area contributed by atoms with Crippen molar-refractivity contribution in [2.75, 3.05) is 32.5 Å². The number of amides is 1. The van der Waals surface area contributed by atoms with E-state index in [1.54, 1.807) is 54.6 Å². The first-order valence-corrected chi connectivity index (χ1v) is 12.9. The summed E-state index contributed by atoms with van der Waals surface area (Å²) in [4.78, 5) is 28.5. The van der Waals surface area contributed by atoms with Crippen LogP contribution in [0.1, 0.15) is 36.6 Å². The van der Waals surface area contributed by atoms with Crippen molar-refractivity contribution in [3.63, 3.8) is 0 Å². The summed E-state index contributed by atoms with van der Waals surface area (Å²) in [7, 11) is 3.02. The van der Waals surface area contributed by atoms with E-state index in [2.05, 4.69) is 13.8 Å². The van der Waals surface area contributed by atoms with Crippen LogP contribution in [-0.4, -0.2) is 44.4 Å². The molecular weight excluding hydrogens is 514 g/mol. The number of ketones is 1.